The van der Waals surface area contributed by atoms with Crippen LogP contribution in [0.4, 0.5) is 5.69 Å². The molecule has 0 unspecified atom stereocenters. The number of rotatable bonds is 7. The number of amides is 1. The lowest BCUT2D eigenvalue weighted by Crippen LogP contribution is -2.21. The second-order valence-electron chi connectivity index (χ2n) is 4.94. The Morgan fingerprint density at radius 2 is 1.70 bits per heavy atom. The standard InChI is InChI=1S/C18H19NO4/c1-14-7-5-6-10-16(14)22-12-11-18(21)23-13-17(20)19-15-8-3-2-4-9-15/h2-10H,11-13H2,1H3,(H,19,20). The maximum Gasteiger partial charge on any atom is 0.309 e. The molecule has 0 heterocycles. The molecule has 5 heteroatoms. The summed E-state index contributed by atoms with van der Waals surface area (Å²) in [5.41, 5.74) is 1.67. The number of benzene rings is 2. The predicted octanol–water partition coefficient (Wildman–Crippen LogP) is 2.95. The first kappa shape index (κ1) is 16.5. The third kappa shape index (κ3) is 5.82. The van der Waals surface area contributed by atoms with E-state index in [9.17, 15) is 9.59 Å². The van der Waals surface area contributed by atoms with Gasteiger partial charge in [-0.25, -0.2) is 0 Å². The molecule has 0 atom stereocenters. The topological polar surface area (TPSA) is 64.6 Å². The number of anilines is 1. The predicted molar refractivity (Wildman–Crippen MR) is 87.3 cm³/mol. The van der Waals surface area contributed by atoms with Crippen LogP contribution in [0.25, 0.3) is 0 Å². The van der Waals surface area contributed by atoms with Crippen molar-refractivity contribution in [3.63, 3.8) is 0 Å². The van der Waals surface area contributed by atoms with Crippen molar-refractivity contribution in [2.45, 2.75) is 13.3 Å². The summed E-state index contributed by atoms with van der Waals surface area (Å²) in [7, 11) is 0. The van der Waals surface area contributed by atoms with Crippen LogP contribution in [-0.2, 0) is 14.3 Å². The van der Waals surface area contributed by atoms with Crippen LogP contribution in [0, 0.1) is 6.92 Å². The van der Waals surface area contributed by atoms with Crippen molar-refractivity contribution in [3.8, 4) is 5.75 Å². The Morgan fingerprint density at radius 1 is 1.00 bits per heavy atom. The molecular formula is C18H19NO4. The van der Waals surface area contributed by atoms with Gasteiger partial charge >= 0.3 is 5.97 Å². The summed E-state index contributed by atoms with van der Waals surface area (Å²) in [6.45, 7) is 1.84. The lowest BCUT2D eigenvalue weighted by atomic mass is 10.2. The average Bonchev–Trinajstić information content (AvgIpc) is 2.56. The average molecular weight is 313 g/mol. The van der Waals surface area contributed by atoms with Crippen molar-refractivity contribution in [1.82, 2.24) is 0 Å². The van der Waals surface area contributed by atoms with Crippen LogP contribution in [-0.4, -0.2) is 25.1 Å². The SMILES string of the molecule is Cc1ccccc1OCCC(=O)OCC(=O)Nc1ccccc1. The summed E-state index contributed by atoms with van der Waals surface area (Å²) in [5, 5.41) is 2.64. The van der Waals surface area contributed by atoms with Gasteiger partial charge < -0.3 is 14.8 Å². The highest BCUT2D eigenvalue weighted by Gasteiger charge is 2.08. The van der Waals surface area contributed by atoms with Gasteiger partial charge in [-0.3, -0.25) is 9.59 Å². The van der Waals surface area contributed by atoms with Gasteiger partial charge in [0.2, 0.25) is 0 Å². The Hall–Kier alpha value is -2.82. The van der Waals surface area contributed by atoms with Crippen LogP contribution in [0.5, 0.6) is 5.75 Å². The van der Waals surface area contributed by atoms with E-state index in [1.807, 2.05) is 49.4 Å². The molecule has 2 rings (SSSR count). The smallest absolute Gasteiger partial charge is 0.309 e. The zero-order valence-electron chi connectivity index (χ0n) is 13.0. The lowest BCUT2D eigenvalue weighted by molar-refractivity contribution is -0.147. The number of carbonyl (C=O) groups excluding carboxylic acids is 2. The monoisotopic (exact) mass is 313 g/mol. The molecule has 120 valence electrons. The van der Waals surface area contributed by atoms with Crippen LogP contribution in [0.3, 0.4) is 0 Å². The van der Waals surface area contributed by atoms with Crippen molar-refractivity contribution < 1.29 is 19.1 Å². The Morgan fingerprint density at radius 3 is 2.43 bits per heavy atom. The highest BCUT2D eigenvalue weighted by molar-refractivity contribution is 5.92. The first-order chi connectivity index (χ1) is 11.1. The molecule has 0 aromatic heterocycles. The summed E-state index contributed by atoms with van der Waals surface area (Å²) in [6.07, 6.45) is 0.0902. The van der Waals surface area contributed by atoms with Gasteiger partial charge in [-0.15, -0.1) is 0 Å². The maximum absolute atomic E-state index is 11.6. The van der Waals surface area contributed by atoms with Gasteiger partial charge in [0.15, 0.2) is 6.61 Å². The molecule has 0 saturated carbocycles. The van der Waals surface area contributed by atoms with E-state index >= 15 is 0 Å². The van der Waals surface area contributed by atoms with Gasteiger partial charge in [-0.1, -0.05) is 36.4 Å². The lowest BCUT2D eigenvalue weighted by Gasteiger charge is -2.09. The molecule has 0 bridgehead atoms. The van der Waals surface area contributed by atoms with Crippen LogP contribution in [0.15, 0.2) is 54.6 Å². The minimum absolute atomic E-state index is 0.0902. The van der Waals surface area contributed by atoms with Crippen LogP contribution in [0.2, 0.25) is 0 Å². The van der Waals surface area contributed by atoms with Crippen LogP contribution >= 0.6 is 0 Å². The quantitative estimate of drug-likeness (QED) is 0.798. The first-order valence-electron chi connectivity index (χ1n) is 7.34. The van der Waals surface area contributed by atoms with Gasteiger partial charge in [-0.05, 0) is 30.7 Å². The van der Waals surface area contributed by atoms with E-state index in [0.717, 1.165) is 11.3 Å². The molecule has 23 heavy (non-hydrogen) atoms. The fourth-order valence-electron chi connectivity index (χ4n) is 1.90. The van der Waals surface area contributed by atoms with Gasteiger partial charge in [-0.2, -0.15) is 0 Å². The number of carbonyl (C=O) groups is 2. The number of hydrogen-bond donors (Lipinski definition) is 1. The largest absolute Gasteiger partial charge is 0.493 e. The number of ether oxygens (including phenoxy) is 2. The summed E-state index contributed by atoms with van der Waals surface area (Å²) < 4.78 is 10.4. The van der Waals surface area contributed by atoms with Crippen molar-refractivity contribution in [3.05, 3.63) is 60.2 Å². The number of hydrogen-bond acceptors (Lipinski definition) is 4. The first-order valence-corrected chi connectivity index (χ1v) is 7.34. The van der Waals surface area contributed by atoms with E-state index in [1.165, 1.54) is 0 Å². The molecule has 1 N–H and O–H groups in total. The van der Waals surface area contributed by atoms with Gasteiger partial charge in [0.25, 0.3) is 5.91 Å². The molecule has 0 radical (unpaired) electrons. The van der Waals surface area contributed by atoms with Gasteiger partial charge in [0, 0.05) is 5.69 Å². The zero-order chi connectivity index (χ0) is 16.5. The Bertz CT molecular complexity index is 655. The molecule has 5 nitrogen and oxygen atoms in total. The minimum Gasteiger partial charge on any atom is -0.493 e. The summed E-state index contributed by atoms with van der Waals surface area (Å²) in [5.74, 6) is -0.103. The fraction of sp³-hybridized carbons (Fsp3) is 0.222. The fourth-order valence-corrected chi connectivity index (χ4v) is 1.90. The molecule has 2 aromatic carbocycles. The van der Waals surface area contributed by atoms with Crippen molar-refractivity contribution in [1.29, 1.82) is 0 Å². The van der Waals surface area contributed by atoms with E-state index < -0.39 is 5.97 Å². The number of aryl methyl sites for hydroxylation is 1. The van der Waals surface area contributed by atoms with Gasteiger partial charge in [0.1, 0.15) is 5.75 Å². The summed E-state index contributed by atoms with van der Waals surface area (Å²) in [6, 6.07) is 16.6. The molecule has 0 spiro atoms. The van der Waals surface area contributed by atoms with Crippen LogP contribution < -0.4 is 10.1 Å². The molecule has 0 aliphatic carbocycles. The Balaban J connectivity index is 1.65. The van der Waals surface area contributed by atoms with Crippen molar-refractivity contribution in [2.75, 3.05) is 18.5 Å². The molecule has 0 aliphatic rings. The number of para-hydroxylation sites is 2. The van der Waals surface area contributed by atoms with E-state index in [4.69, 9.17) is 9.47 Å². The summed E-state index contributed by atoms with van der Waals surface area (Å²) in [4.78, 5) is 23.2. The highest BCUT2D eigenvalue weighted by Crippen LogP contribution is 2.16. The molecule has 0 aliphatic heterocycles. The number of nitrogens with one attached hydrogen (secondary N) is 1. The third-order valence-corrected chi connectivity index (χ3v) is 3.08. The Labute approximate surface area is 135 Å². The second kappa shape index (κ2) is 8.58. The molecular weight excluding hydrogens is 294 g/mol. The number of esters is 1. The second-order valence-corrected chi connectivity index (χ2v) is 4.94. The van der Waals surface area contributed by atoms with Crippen molar-refractivity contribution in [2.24, 2.45) is 0 Å². The summed E-state index contributed by atoms with van der Waals surface area (Å²) >= 11 is 0. The van der Waals surface area contributed by atoms with E-state index in [0.29, 0.717) is 5.69 Å². The minimum atomic E-state index is -0.471. The van der Waals surface area contributed by atoms with E-state index in [-0.39, 0.29) is 25.5 Å². The van der Waals surface area contributed by atoms with Crippen molar-refractivity contribution >= 4 is 17.6 Å². The molecule has 1 amide bonds. The zero-order valence-corrected chi connectivity index (χ0v) is 13.0. The molecule has 0 fully saturated rings. The third-order valence-electron chi connectivity index (χ3n) is 3.08. The highest BCUT2D eigenvalue weighted by atomic mass is 16.5. The van der Waals surface area contributed by atoms with Crippen LogP contribution in [0.1, 0.15) is 12.0 Å². The van der Waals surface area contributed by atoms with Gasteiger partial charge in [0.05, 0.1) is 13.0 Å². The maximum atomic E-state index is 11.6. The molecule has 0 saturated heterocycles. The van der Waals surface area contributed by atoms with E-state index in [1.54, 1.807) is 12.1 Å². The Kier molecular flexibility index (Phi) is 6.17. The van der Waals surface area contributed by atoms with E-state index in [2.05, 4.69) is 5.32 Å². The molecule has 2 aromatic rings. The normalized spacial score (nSPS) is 9.96.